The Balaban J connectivity index is 1.14. The number of hydrogen-bond donors (Lipinski definition) is 0. The number of fused-ring (bicyclic) bond motifs is 13. The molecule has 0 radical (unpaired) electrons. The summed E-state index contributed by atoms with van der Waals surface area (Å²) in [4.78, 5) is 8.07. The van der Waals surface area contributed by atoms with E-state index in [0.717, 1.165) is 74.5 Å². The molecule has 1 fully saturated rings. The largest absolute Gasteiger partial charge is 0.456 e. The fraction of sp³-hybridized carbons (Fsp3) is 0.226. The summed E-state index contributed by atoms with van der Waals surface area (Å²) in [6, 6.07) is 56.8. The summed E-state index contributed by atoms with van der Waals surface area (Å²) in [6.45, 7) is 11.9. The van der Waals surface area contributed by atoms with Crippen LogP contribution in [-0.4, -0.2) is 12.4 Å². The van der Waals surface area contributed by atoms with Crippen LogP contribution in [-0.2, 0) is 11.8 Å². The van der Waals surface area contributed by atoms with Crippen LogP contribution in [0.25, 0.3) is 55.0 Å². The maximum Gasteiger partial charge on any atom is 0.333 e. The average molecular weight is 884 g/mol. The van der Waals surface area contributed by atoms with Crippen LogP contribution >= 0.6 is 0 Å². The summed E-state index contributed by atoms with van der Waals surface area (Å²) >= 11 is 0. The molecule has 0 amide bonds. The predicted octanol–water partition coefficient (Wildman–Crippen LogP) is 15.9. The molecule has 2 unspecified atom stereocenters. The second-order valence-corrected chi connectivity index (χ2v) is 20.7. The molecule has 68 heavy (non-hydrogen) atoms. The molecule has 332 valence electrons. The second kappa shape index (κ2) is 14.4. The van der Waals surface area contributed by atoms with Crippen LogP contribution in [0.3, 0.4) is 0 Å². The molecule has 2 aromatic heterocycles. The predicted molar refractivity (Wildman–Crippen MR) is 286 cm³/mol. The van der Waals surface area contributed by atoms with E-state index in [1.54, 1.807) is 0 Å². The molecule has 6 heteroatoms. The summed E-state index contributed by atoms with van der Waals surface area (Å²) in [5, 5.41) is 4.54. The van der Waals surface area contributed by atoms with Crippen LogP contribution in [0.15, 0.2) is 160 Å². The number of unbranched alkanes of at least 4 members (excludes halogenated alkanes) is 1. The summed E-state index contributed by atoms with van der Waals surface area (Å²) in [5.41, 5.74) is 22.7. The van der Waals surface area contributed by atoms with E-state index in [9.17, 15) is 0 Å². The van der Waals surface area contributed by atoms with Gasteiger partial charge in [0, 0.05) is 84.5 Å². The maximum atomic E-state index is 6.82. The van der Waals surface area contributed by atoms with Gasteiger partial charge in [0.25, 0.3) is 0 Å². The zero-order valence-corrected chi connectivity index (χ0v) is 39.6. The van der Waals surface area contributed by atoms with Crippen molar-refractivity contribution < 1.29 is 8.83 Å². The van der Waals surface area contributed by atoms with E-state index >= 15 is 0 Å². The summed E-state index contributed by atoms with van der Waals surface area (Å²) in [5.74, 6) is 0. The first kappa shape index (κ1) is 39.9. The molecule has 4 aliphatic rings. The van der Waals surface area contributed by atoms with Gasteiger partial charge in [0.1, 0.15) is 22.3 Å². The van der Waals surface area contributed by atoms with Gasteiger partial charge in [-0.05, 0) is 140 Å². The molecule has 0 spiro atoms. The van der Waals surface area contributed by atoms with Crippen molar-refractivity contribution in [1.29, 1.82) is 0 Å². The molecule has 5 nitrogen and oxygen atoms in total. The lowest BCUT2D eigenvalue weighted by Gasteiger charge is -2.53. The first-order valence-corrected chi connectivity index (χ1v) is 25.0. The number of para-hydroxylation sites is 4. The van der Waals surface area contributed by atoms with Crippen molar-refractivity contribution in [2.75, 3.05) is 14.6 Å². The van der Waals surface area contributed by atoms with Gasteiger partial charge in [-0.25, -0.2) is 0 Å². The molecular weight excluding hydrogens is 830 g/mol. The molecule has 14 rings (SSSR count). The topological polar surface area (TPSA) is 36.0 Å². The van der Waals surface area contributed by atoms with Gasteiger partial charge in [-0.1, -0.05) is 118 Å². The third kappa shape index (κ3) is 5.35. The zero-order valence-electron chi connectivity index (χ0n) is 39.6. The molecule has 0 bridgehead atoms. The number of anilines is 7. The highest BCUT2D eigenvalue weighted by Gasteiger charge is 2.62. The molecule has 8 aromatic carbocycles. The van der Waals surface area contributed by atoms with Gasteiger partial charge in [-0.15, -0.1) is 0 Å². The molecule has 0 N–H and O–H groups in total. The second-order valence-electron chi connectivity index (χ2n) is 20.7. The molecule has 3 aliphatic heterocycles. The van der Waals surface area contributed by atoms with Crippen LogP contribution in [0, 0.1) is 13.8 Å². The van der Waals surface area contributed by atoms with Crippen molar-refractivity contribution in [3.63, 3.8) is 0 Å². The van der Waals surface area contributed by atoms with E-state index in [1.807, 2.05) is 0 Å². The van der Waals surface area contributed by atoms with Crippen LogP contribution in [0.4, 0.5) is 39.8 Å². The summed E-state index contributed by atoms with van der Waals surface area (Å²) in [7, 11) is 0. The van der Waals surface area contributed by atoms with Gasteiger partial charge >= 0.3 is 6.85 Å². The normalized spacial score (nSPS) is 18.9. The third-order valence-corrected chi connectivity index (χ3v) is 17.0. The standard InChI is InChI=1S/C62H54BN3O2/c1-6-7-20-40-31-49-60-50(32-40)63-59-48(33-42(34-54(59)65(60)62(5)30-17-16-29-61(49,62)4)64(51-23-12-8-18-38(51)2)52-24-13-9-19-39(52)3)46-36-47-44-22-11-15-26-56(44)68-58(47)37-53(46)66(63)41-27-28-45-43-21-10-14-25-55(43)67-57(45)35-41/h8-15,18-19,21-28,31-37H,6-7,16-17,20,29-30H2,1-5H3. The zero-order chi connectivity index (χ0) is 45.6. The fourth-order valence-corrected chi connectivity index (χ4v) is 13.4. The minimum absolute atomic E-state index is 0.0384. The van der Waals surface area contributed by atoms with Gasteiger partial charge in [-0.3, -0.25) is 0 Å². The van der Waals surface area contributed by atoms with Gasteiger partial charge < -0.3 is 23.4 Å². The van der Waals surface area contributed by atoms with E-state index in [0.29, 0.717) is 0 Å². The number of benzene rings is 8. The Labute approximate surface area is 398 Å². The Morgan fingerprint density at radius 3 is 1.97 bits per heavy atom. The van der Waals surface area contributed by atoms with Crippen molar-refractivity contribution in [1.82, 2.24) is 0 Å². The first-order chi connectivity index (χ1) is 33.2. The van der Waals surface area contributed by atoms with Gasteiger partial charge in [-0.2, -0.15) is 0 Å². The number of nitrogens with zero attached hydrogens (tertiary/aromatic N) is 3. The minimum Gasteiger partial charge on any atom is -0.456 e. The maximum absolute atomic E-state index is 6.82. The van der Waals surface area contributed by atoms with Crippen molar-refractivity contribution in [3.8, 4) is 11.1 Å². The number of aryl methyl sites for hydroxylation is 3. The Bertz CT molecular complexity index is 3710. The molecule has 2 atom stereocenters. The highest BCUT2D eigenvalue weighted by Crippen LogP contribution is 2.63. The van der Waals surface area contributed by atoms with Gasteiger partial charge in [0.2, 0.25) is 0 Å². The Morgan fingerprint density at radius 2 is 1.25 bits per heavy atom. The molecule has 0 saturated heterocycles. The lowest BCUT2D eigenvalue weighted by molar-refractivity contribution is 0.195. The van der Waals surface area contributed by atoms with Gasteiger partial charge in [0.05, 0.1) is 5.54 Å². The molecular formula is C62H54BN3O2. The first-order valence-electron chi connectivity index (χ1n) is 25.0. The molecule has 10 aromatic rings. The number of hydrogen-bond acceptors (Lipinski definition) is 5. The SMILES string of the molecule is CCCCc1cc2c3c(c1)C1(C)CCCCC1(C)N3c1cc(N(c3ccccc3C)c3ccccc3C)cc3c1B2N(c1ccc2c(c1)oc1ccccc12)c1cc2oc4ccccc4c2cc1-3. The lowest BCUT2D eigenvalue weighted by Crippen LogP contribution is -2.64. The Morgan fingerprint density at radius 1 is 0.603 bits per heavy atom. The third-order valence-electron chi connectivity index (χ3n) is 17.0. The van der Waals surface area contributed by atoms with Crippen molar-refractivity contribution in [2.24, 2.45) is 0 Å². The number of furan rings is 2. The van der Waals surface area contributed by atoms with Crippen molar-refractivity contribution in [2.45, 2.75) is 90.5 Å². The Hall–Kier alpha value is -7.18. The monoisotopic (exact) mass is 883 g/mol. The average Bonchev–Trinajstić information content (AvgIpc) is 3.98. The fourth-order valence-electron chi connectivity index (χ4n) is 13.4. The molecule has 1 saturated carbocycles. The summed E-state index contributed by atoms with van der Waals surface area (Å²) < 4.78 is 13.5. The van der Waals surface area contributed by atoms with Crippen LogP contribution in [0.1, 0.15) is 81.5 Å². The van der Waals surface area contributed by atoms with Crippen molar-refractivity contribution in [3.05, 3.63) is 174 Å². The van der Waals surface area contributed by atoms with E-state index < -0.39 is 0 Å². The molecule has 1 aliphatic carbocycles. The van der Waals surface area contributed by atoms with E-state index in [2.05, 4.69) is 201 Å². The van der Waals surface area contributed by atoms with E-state index in [1.165, 1.54) is 98.4 Å². The molecule has 5 heterocycles. The highest BCUT2D eigenvalue weighted by molar-refractivity contribution is 6.93. The minimum atomic E-state index is -0.137. The summed E-state index contributed by atoms with van der Waals surface area (Å²) in [6.07, 6.45) is 8.16. The van der Waals surface area contributed by atoms with Crippen LogP contribution in [0.5, 0.6) is 0 Å². The van der Waals surface area contributed by atoms with Crippen molar-refractivity contribution >= 4 is 101 Å². The Kier molecular flexibility index (Phi) is 8.47. The van der Waals surface area contributed by atoms with Gasteiger partial charge in [0.15, 0.2) is 0 Å². The highest BCUT2D eigenvalue weighted by atomic mass is 16.3. The number of rotatable bonds is 7. The van der Waals surface area contributed by atoms with E-state index in [4.69, 9.17) is 8.83 Å². The quantitative estimate of drug-likeness (QED) is 0.149. The lowest BCUT2D eigenvalue weighted by atomic mass is 9.43. The van der Waals surface area contributed by atoms with E-state index in [-0.39, 0.29) is 17.8 Å². The van der Waals surface area contributed by atoms with Crippen LogP contribution in [0.2, 0.25) is 0 Å². The van der Waals surface area contributed by atoms with Crippen LogP contribution < -0.4 is 25.5 Å². The smallest absolute Gasteiger partial charge is 0.333 e.